The van der Waals surface area contributed by atoms with Crippen LogP contribution < -0.4 is 0 Å². The SMILES string of the molecule is CC(C)(C)Cc1cc(Br)c(C(=O)O)s1. The molecule has 0 saturated carbocycles. The van der Waals surface area contributed by atoms with E-state index in [1.807, 2.05) is 6.07 Å². The van der Waals surface area contributed by atoms with Crippen LogP contribution in [0.3, 0.4) is 0 Å². The summed E-state index contributed by atoms with van der Waals surface area (Å²) in [5.74, 6) is -0.859. The van der Waals surface area contributed by atoms with Gasteiger partial charge < -0.3 is 5.11 Å². The first-order valence-electron chi connectivity index (χ1n) is 4.31. The molecule has 1 N–H and O–H groups in total. The fourth-order valence-corrected chi connectivity index (χ4v) is 3.20. The van der Waals surface area contributed by atoms with E-state index in [9.17, 15) is 4.79 Å². The summed E-state index contributed by atoms with van der Waals surface area (Å²) in [6.45, 7) is 6.42. The molecule has 0 amide bonds. The lowest BCUT2D eigenvalue weighted by molar-refractivity contribution is 0.0701. The Labute approximate surface area is 96.1 Å². The van der Waals surface area contributed by atoms with Gasteiger partial charge in [0, 0.05) is 9.35 Å². The molecule has 4 heteroatoms. The average molecular weight is 277 g/mol. The van der Waals surface area contributed by atoms with Gasteiger partial charge in [-0.3, -0.25) is 0 Å². The first-order valence-corrected chi connectivity index (χ1v) is 5.92. The molecule has 0 atom stereocenters. The summed E-state index contributed by atoms with van der Waals surface area (Å²) in [5.41, 5.74) is 0.195. The highest BCUT2D eigenvalue weighted by atomic mass is 79.9. The van der Waals surface area contributed by atoms with E-state index < -0.39 is 5.97 Å². The molecule has 0 aliphatic carbocycles. The first kappa shape index (κ1) is 11.7. The molecule has 0 radical (unpaired) electrons. The summed E-state index contributed by atoms with van der Waals surface area (Å²) in [4.78, 5) is 12.3. The Morgan fingerprint density at radius 3 is 2.50 bits per heavy atom. The Hall–Kier alpha value is -0.350. The highest BCUT2D eigenvalue weighted by molar-refractivity contribution is 9.10. The van der Waals surface area contributed by atoms with E-state index in [0.717, 1.165) is 11.3 Å². The van der Waals surface area contributed by atoms with Crippen LogP contribution in [-0.4, -0.2) is 11.1 Å². The van der Waals surface area contributed by atoms with Gasteiger partial charge in [-0.05, 0) is 33.8 Å². The van der Waals surface area contributed by atoms with Gasteiger partial charge in [0.05, 0.1) is 0 Å². The number of carbonyl (C=O) groups is 1. The van der Waals surface area contributed by atoms with Crippen molar-refractivity contribution in [3.8, 4) is 0 Å². The van der Waals surface area contributed by atoms with Crippen molar-refractivity contribution < 1.29 is 9.90 Å². The van der Waals surface area contributed by atoms with Gasteiger partial charge in [-0.2, -0.15) is 0 Å². The Morgan fingerprint density at radius 2 is 2.14 bits per heavy atom. The standard InChI is InChI=1S/C10H13BrO2S/c1-10(2,3)5-6-4-7(11)8(14-6)9(12)13/h4H,5H2,1-3H3,(H,12,13). The molecule has 1 rings (SSSR count). The number of hydrogen-bond donors (Lipinski definition) is 1. The van der Waals surface area contributed by atoms with Gasteiger partial charge >= 0.3 is 5.97 Å². The maximum atomic E-state index is 10.8. The predicted octanol–water partition coefficient (Wildman–Crippen LogP) is 3.80. The zero-order chi connectivity index (χ0) is 10.9. The monoisotopic (exact) mass is 276 g/mol. The fourth-order valence-electron chi connectivity index (χ4n) is 1.17. The Kier molecular flexibility index (Phi) is 3.37. The maximum absolute atomic E-state index is 10.8. The van der Waals surface area contributed by atoms with Crippen molar-refractivity contribution in [3.63, 3.8) is 0 Å². The third kappa shape index (κ3) is 3.10. The third-order valence-corrected chi connectivity index (χ3v) is 3.65. The van der Waals surface area contributed by atoms with Crippen LogP contribution in [0.1, 0.15) is 35.3 Å². The number of halogens is 1. The summed E-state index contributed by atoms with van der Waals surface area (Å²) >= 11 is 4.60. The normalized spacial score (nSPS) is 11.7. The van der Waals surface area contributed by atoms with Crippen LogP contribution in [0, 0.1) is 5.41 Å². The summed E-state index contributed by atoms with van der Waals surface area (Å²) in [6, 6.07) is 1.90. The van der Waals surface area contributed by atoms with Crippen LogP contribution in [-0.2, 0) is 6.42 Å². The smallest absolute Gasteiger partial charge is 0.347 e. The zero-order valence-corrected chi connectivity index (χ0v) is 10.8. The van der Waals surface area contributed by atoms with Gasteiger partial charge in [-0.25, -0.2) is 4.79 Å². The van der Waals surface area contributed by atoms with E-state index in [2.05, 4.69) is 36.7 Å². The van der Waals surface area contributed by atoms with E-state index in [0.29, 0.717) is 9.35 Å². The van der Waals surface area contributed by atoms with Gasteiger partial charge in [0.2, 0.25) is 0 Å². The van der Waals surface area contributed by atoms with Crippen LogP contribution in [0.4, 0.5) is 0 Å². The van der Waals surface area contributed by atoms with Crippen molar-refractivity contribution in [3.05, 3.63) is 20.3 Å². The topological polar surface area (TPSA) is 37.3 Å². The molecule has 1 heterocycles. The second kappa shape index (κ2) is 4.03. The molecule has 0 saturated heterocycles. The molecule has 1 aromatic rings. The molecule has 0 unspecified atom stereocenters. The second-order valence-electron chi connectivity index (χ2n) is 4.43. The van der Waals surface area contributed by atoms with E-state index in [1.54, 1.807) is 0 Å². The Balaban J connectivity index is 2.92. The summed E-state index contributed by atoms with van der Waals surface area (Å²) in [7, 11) is 0. The number of rotatable bonds is 2. The van der Waals surface area contributed by atoms with Crippen molar-refractivity contribution in [2.45, 2.75) is 27.2 Å². The van der Waals surface area contributed by atoms with Crippen molar-refractivity contribution in [1.29, 1.82) is 0 Å². The van der Waals surface area contributed by atoms with Crippen LogP contribution in [0.2, 0.25) is 0 Å². The lowest BCUT2D eigenvalue weighted by Gasteiger charge is -2.16. The van der Waals surface area contributed by atoms with Crippen LogP contribution in [0.25, 0.3) is 0 Å². The average Bonchev–Trinajstić information content (AvgIpc) is 2.26. The quantitative estimate of drug-likeness (QED) is 0.892. The molecule has 0 fully saturated rings. The summed E-state index contributed by atoms with van der Waals surface area (Å²) in [5, 5.41) is 8.86. The van der Waals surface area contributed by atoms with Crippen molar-refractivity contribution >= 4 is 33.2 Å². The number of aromatic carboxylic acids is 1. The highest BCUT2D eigenvalue weighted by Gasteiger charge is 2.17. The molecule has 14 heavy (non-hydrogen) atoms. The minimum atomic E-state index is -0.859. The zero-order valence-electron chi connectivity index (χ0n) is 8.43. The number of thiophene rings is 1. The number of carboxylic acids is 1. The van der Waals surface area contributed by atoms with Gasteiger partial charge in [-0.15, -0.1) is 11.3 Å². The first-order chi connectivity index (χ1) is 6.29. The molecule has 78 valence electrons. The van der Waals surface area contributed by atoms with Gasteiger partial charge in [0.1, 0.15) is 4.88 Å². The molecule has 0 spiro atoms. The summed E-state index contributed by atoms with van der Waals surface area (Å²) < 4.78 is 0.689. The molecule has 2 nitrogen and oxygen atoms in total. The maximum Gasteiger partial charge on any atom is 0.347 e. The Morgan fingerprint density at radius 1 is 1.57 bits per heavy atom. The highest BCUT2D eigenvalue weighted by Crippen LogP contribution is 2.31. The van der Waals surface area contributed by atoms with Crippen LogP contribution in [0.5, 0.6) is 0 Å². The second-order valence-corrected chi connectivity index (χ2v) is 6.42. The lowest BCUT2D eigenvalue weighted by atomic mass is 9.92. The minimum Gasteiger partial charge on any atom is -0.477 e. The van der Waals surface area contributed by atoms with Crippen molar-refractivity contribution in [2.75, 3.05) is 0 Å². The van der Waals surface area contributed by atoms with Crippen LogP contribution in [0.15, 0.2) is 10.5 Å². The largest absolute Gasteiger partial charge is 0.477 e. The van der Waals surface area contributed by atoms with E-state index in [1.165, 1.54) is 11.3 Å². The molecule has 0 bridgehead atoms. The predicted molar refractivity (Wildman–Crippen MR) is 62.1 cm³/mol. The lowest BCUT2D eigenvalue weighted by Crippen LogP contribution is -2.07. The number of carboxylic acid groups (broad SMARTS) is 1. The van der Waals surface area contributed by atoms with Crippen molar-refractivity contribution in [1.82, 2.24) is 0 Å². The van der Waals surface area contributed by atoms with Crippen molar-refractivity contribution in [2.24, 2.45) is 5.41 Å². The van der Waals surface area contributed by atoms with E-state index >= 15 is 0 Å². The third-order valence-electron chi connectivity index (χ3n) is 1.64. The van der Waals surface area contributed by atoms with Gasteiger partial charge in [0.25, 0.3) is 0 Å². The van der Waals surface area contributed by atoms with Crippen LogP contribution >= 0.6 is 27.3 Å². The van der Waals surface area contributed by atoms with E-state index in [4.69, 9.17) is 5.11 Å². The summed E-state index contributed by atoms with van der Waals surface area (Å²) in [6.07, 6.45) is 0.906. The van der Waals surface area contributed by atoms with E-state index in [-0.39, 0.29) is 5.41 Å². The molecule has 0 aromatic carbocycles. The fraction of sp³-hybridized carbons (Fsp3) is 0.500. The molecule has 0 aliphatic rings. The molecule has 1 aromatic heterocycles. The van der Waals surface area contributed by atoms with Gasteiger partial charge in [0.15, 0.2) is 0 Å². The Bertz CT molecular complexity index is 349. The minimum absolute atomic E-state index is 0.195. The number of hydrogen-bond acceptors (Lipinski definition) is 2. The molecular weight excluding hydrogens is 264 g/mol. The molecule has 0 aliphatic heterocycles. The van der Waals surface area contributed by atoms with Gasteiger partial charge in [-0.1, -0.05) is 20.8 Å². The molecular formula is C10H13BrO2S.